The molecule has 0 aromatic heterocycles. The highest BCUT2D eigenvalue weighted by Crippen LogP contribution is 2.14. The normalized spacial score (nSPS) is 12.4. The molecule has 0 spiro atoms. The van der Waals surface area contributed by atoms with Gasteiger partial charge in [0, 0.05) is 6.61 Å². The molecule has 0 bridgehead atoms. The Kier molecular flexibility index (Phi) is 12.4. The largest absolute Gasteiger partial charge is 0.463 e. The summed E-state index contributed by atoms with van der Waals surface area (Å²) in [6, 6.07) is 0. The van der Waals surface area contributed by atoms with Gasteiger partial charge in [0.25, 0.3) is 0 Å². The zero-order chi connectivity index (χ0) is 13.6. The number of hydrogen-bond acceptors (Lipinski definition) is 4. The molecule has 0 aliphatic rings. The first-order chi connectivity index (χ1) is 8.76. The minimum absolute atomic E-state index is 0.0494. The average molecular weight is 260 g/mol. The minimum Gasteiger partial charge on any atom is -0.463 e. The zero-order valence-corrected chi connectivity index (χ0v) is 12.1. The second kappa shape index (κ2) is 12.8. The van der Waals surface area contributed by atoms with Gasteiger partial charge in [0.1, 0.15) is 6.61 Å². The fraction of sp³-hybridized carbons (Fsp3) is 0.929. The van der Waals surface area contributed by atoms with Crippen LogP contribution in [0.25, 0.3) is 0 Å². The first-order valence-corrected chi connectivity index (χ1v) is 7.08. The topological polar surface area (TPSA) is 44.8 Å². The molecule has 4 nitrogen and oxygen atoms in total. The molecule has 0 radical (unpaired) electrons. The van der Waals surface area contributed by atoms with Crippen LogP contribution in [0.1, 0.15) is 46.5 Å². The second-order valence-electron chi connectivity index (χ2n) is 4.22. The Hall–Kier alpha value is -0.610. The molecule has 18 heavy (non-hydrogen) atoms. The van der Waals surface area contributed by atoms with Crippen molar-refractivity contribution in [3.63, 3.8) is 0 Å². The molecule has 0 aromatic rings. The molecule has 0 aliphatic carbocycles. The second-order valence-corrected chi connectivity index (χ2v) is 4.22. The van der Waals surface area contributed by atoms with Crippen LogP contribution >= 0.6 is 0 Å². The maximum atomic E-state index is 11.7. The fourth-order valence-electron chi connectivity index (χ4n) is 1.62. The number of carbonyl (C=O) groups is 1. The van der Waals surface area contributed by atoms with E-state index in [0.29, 0.717) is 33.0 Å². The SMILES string of the molecule is CCCCC(CC)C(=O)OCCOCCOCC. The molecular formula is C14H28O4. The number of hydrogen-bond donors (Lipinski definition) is 0. The molecule has 108 valence electrons. The van der Waals surface area contributed by atoms with Crippen molar-refractivity contribution in [3.8, 4) is 0 Å². The molecule has 1 atom stereocenters. The molecule has 0 amide bonds. The average Bonchev–Trinajstić information content (AvgIpc) is 2.38. The lowest BCUT2D eigenvalue weighted by Gasteiger charge is -2.13. The van der Waals surface area contributed by atoms with Crippen molar-refractivity contribution in [2.45, 2.75) is 46.5 Å². The van der Waals surface area contributed by atoms with Crippen LogP contribution in [0.2, 0.25) is 0 Å². The fourth-order valence-corrected chi connectivity index (χ4v) is 1.62. The van der Waals surface area contributed by atoms with Crippen LogP contribution in [0.4, 0.5) is 0 Å². The summed E-state index contributed by atoms with van der Waals surface area (Å²) in [6.07, 6.45) is 3.98. The Morgan fingerprint density at radius 3 is 2.28 bits per heavy atom. The van der Waals surface area contributed by atoms with Gasteiger partial charge in [-0.1, -0.05) is 26.7 Å². The van der Waals surface area contributed by atoms with Gasteiger partial charge in [-0.2, -0.15) is 0 Å². The van der Waals surface area contributed by atoms with Crippen molar-refractivity contribution in [2.24, 2.45) is 5.92 Å². The Morgan fingerprint density at radius 1 is 1.00 bits per heavy atom. The number of ether oxygens (including phenoxy) is 3. The highest BCUT2D eigenvalue weighted by atomic mass is 16.6. The Balaban J connectivity index is 3.49. The lowest BCUT2D eigenvalue weighted by molar-refractivity contribution is -0.150. The highest BCUT2D eigenvalue weighted by molar-refractivity contribution is 5.72. The number of esters is 1. The smallest absolute Gasteiger partial charge is 0.308 e. The van der Waals surface area contributed by atoms with Gasteiger partial charge in [0.2, 0.25) is 0 Å². The summed E-state index contributed by atoms with van der Waals surface area (Å²) in [7, 11) is 0. The van der Waals surface area contributed by atoms with Crippen LogP contribution in [-0.2, 0) is 19.0 Å². The summed E-state index contributed by atoms with van der Waals surface area (Å²) in [4.78, 5) is 11.7. The molecule has 1 unspecified atom stereocenters. The molecule has 0 rings (SSSR count). The minimum atomic E-state index is -0.0839. The van der Waals surface area contributed by atoms with Crippen LogP contribution < -0.4 is 0 Å². The molecule has 0 aliphatic heterocycles. The molecule has 0 fully saturated rings. The third kappa shape index (κ3) is 9.42. The van der Waals surface area contributed by atoms with E-state index in [1.807, 2.05) is 13.8 Å². The lowest BCUT2D eigenvalue weighted by atomic mass is 10.00. The van der Waals surface area contributed by atoms with Gasteiger partial charge >= 0.3 is 5.97 Å². The summed E-state index contributed by atoms with van der Waals surface area (Å²) in [5, 5.41) is 0. The van der Waals surface area contributed by atoms with Crippen LogP contribution in [-0.4, -0.2) is 39.0 Å². The van der Waals surface area contributed by atoms with E-state index < -0.39 is 0 Å². The lowest BCUT2D eigenvalue weighted by Crippen LogP contribution is -2.20. The predicted molar refractivity (Wildman–Crippen MR) is 71.6 cm³/mol. The quantitative estimate of drug-likeness (QED) is 0.400. The van der Waals surface area contributed by atoms with Crippen molar-refractivity contribution in [3.05, 3.63) is 0 Å². The van der Waals surface area contributed by atoms with Crippen LogP contribution in [0.15, 0.2) is 0 Å². The Bertz CT molecular complexity index is 194. The zero-order valence-electron chi connectivity index (χ0n) is 12.1. The maximum Gasteiger partial charge on any atom is 0.308 e. The van der Waals surface area contributed by atoms with Crippen LogP contribution in [0.5, 0.6) is 0 Å². The molecule has 0 N–H and O–H groups in total. The van der Waals surface area contributed by atoms with E-state index in [0.717, 1.165) is 25.7 Å². The molecule has 0 aromatic carbocycles. The highest BCUT2D eigenvalue weighted by Gasteiger charge is 2.16. The number of rotatable bonds is 12. The third-order valence-electron chi connectivity index (χ3n) is 2.78. The van der Waals surface area contributed by atoms with Crippen molar-refractivity contribution >= 4 is 5.97 Å². The summed E-state index contributed by atoms with van der Waals surface area (Å²) in [6.45, 7) is 8.74. The van der Waals surface area contributed by atoms with Gasteiger partial charge in [-0.15, -0.1) is 0 Å². The third-order valence-corrected chi connectivity index (χ3v) is 2.78. The first kappa shape index (κ1) is 17.4. The van der Waals surface area contributed by atoms with Gasteiger partial charge in [0.15, 0.2) is 0 Å². The number of carbonyl (C=O) groups excluding carboxylic acids is 1. The molecule has 0 heterocycles. The van der Waals surface area contributed by atoms with Crippen molar-refractivity contribution in [2.75, 3.05) is 33.0 Å². The van der Waals surface area contributed by atoms with E-state index in [-0.39, 0.29) is 11.9 Å². The van der Waals surface area contributed by atoms with Gasteiger partial charge < -0.3 is 14.2 Å². The van der Waals surface area contributed by atoms with Crippen molar-refractivity contribution in [1.82, 2.24) is 0 Å². The van der Waals surface area contributed by atoms with Crippen molar-refractivity contribution < 1.29 is 19.0 Å². The van der Waals surface area contributed by atoms with Gasteiger partial charge in [-0.05, 0) is 19.8 Å². The summed E-state index contributed by atoms with van der Waals surface area (Å²) in [5.74, 6) is -0.0345. The maximum absolute atomic E-state index is 11.7. The van der Waals surface area contributed by atoms with E-state index in [2.05, 4.69) is 6.92 Å². The van der Waals surface area contributed by atoms with Gasteiger partial charge in [0.05, 0.1) is 25.7 Å². The van der Waals surface area contributed by atoms with E-state index in [4.69, 9.17) is 14.2 Å². The van der Waals surface area contributed by atoms with E-state index in [9.17, 15) is 4.79 Å². The standard InChI is InChI=1S/C14H28O4/c1-4-7-8-13(5-2)14(15)18-12-11-17-10-9-16-6-3/h13H,4-12H2,1-3H3. The van der Waals surface area contributed by atoms with E-state index in [1.54, 1.807) is 0 Å². The molecular weight excluding hydrogens is 232 g/mol. The summed E-state index contributed by atoms with van der Waals surface area (Å²) >= 11 is 0. The van der Waals surface area contributed by atoms with Crippen LogP contribution in [0, 0.1) is 5.92 Å². The predicted octanol–water partition coefficient (Wildman–Crippen LogP) is 2.80. The van der Waals surface area contributed by atoms with Crippen molar-refractivity contribution in [1.29, 1.82) is 0 Å². The molecule has 0 saturated heterocycles. The summed E-state index contributed by atoms with van der Waals surface area (Å²) < 4.78 is 15.6. The summed E-state index contributed by atoms with van der Waals surface area (Å²) in [5.41, 5.74) is 0. The molecule has 4 heteroatoms. The number of unbranched alkanes of at least 4 members (excludes halogenated alkanes) is 1. The van der Waals surface area contributed by atoms with E-state index >= 15 is 0 Å². The van der Waals surface area contributed by atoms with Gasteiger partial charge in [-0.3, -0.25) is 4.79 Å². The van der Waals surface area contributed by atoms with Crippen LogP contribution in [0.3, 0.4) is 0 Å². The van der Waals surface area contributed by atoms with E-state index in [1.165, 1.54) is 0 Å². The Morgan fingerprint density at radius 2 is 1.67 bits per heavy atom. The first-order valence-electron chi connectivity index (χ1n) is 7.08. The monoisotopic (exact) mass is 260 g/mol. The Labute approximate surface area is 111 Å². The van der Waals surface area contributed by atoms with Gasteiger partial charge in [-0.25, -0.2) is 0 Å². The molecule has 0 saturated carbocycles.